The molecule has 0 amide bonds. The van der Waals surface area contributed by atoms with Gasteiger partial charge >= 0.3 is 0 Å². The molecule has 1 rings (SSSR count). The van der Waals surface area contributed by atoms with Crippen molar-refractivity contribution < 1.29 is 4.74 Å². The molecular formula is C12H26OS4. The van der Waals surface area contributed by atoms with Gasteiger partial charge in [-0.3, -0.25) is 0 Å². The van der Waals surface area contributed by atoms with Crippen LogP contribution < -0.4 is 0 Å². The molecule has 104 valence electrons. The van der Waals surface area contributed by atoms with Crippen molar-refractivity contribution in [2.45, 2.75) is 31.3 Å². The van der Waals surface area contributed by atoms with Gasteiger partial charge in [-0.15, -0.1) is 10.8 Å². The molecule has 2 atom stereocenters. The minimum atomic E-state index is 0.350. The van der Waals surface area contributed by atoms with Crippen LogP contribution in [-0.2, 0) is 4.74 Å². The molecule has 0 aromatic heterocycles. The second-order valence-corrected chi connectivity index (χ2v) is 11.6. The van der Waals surface area contributed by atoms with E-state index in [-0.39, 0.29) is 0 Å². The van der Waals surface area contributed by atoms with E-state index in [0.29, 0.717) is 9.93 Å². The van der Waals surface area contributed by atoms with Gasteiger partial charge in [0.15, 0.2) is 0 Å². The van der Waals surface area contributed by atoms with Gasteiger partial charge in [0.2, 0.25) is 0 Å². The molecule has 0 aromatic rings. The van der Waals surface area contributed by atoms with Crippen LogP contribution in [0.2, 0.25) is 0 Å². The van der Waals surface area contributed by atoms with Crippen molar-refractivity contribution in [1.82, 2.24) is 0 Å². The van der Waals surface area contributed by atoms with Crippen LogP contribution in [0.3, 0.4) is 0 Å². The Morgan fingerprint density at radius 3 is 2.71 bits per heavy atom. The third kappa shape index (κ3) is 8.98. The molecule has 0 radical (unpaired) electrons. The largest absolute Gasteiger partial charge is 0.381 e. The lowest BCUT2D eigenvalue weighted by Gasteiger charge is -2.03. The second kappa shape index (κ2) is 11.2. The summed E-state index contributed by atoms with van der Waals surface area (Å²) in [5.41, 5.74) is 0. The van der Waals surface area contributed by atoms with Gasteiger partial charge in [-0.2, -0.15) is 33.5 Å². The number of thioether (sulfide) groups is 2. The summed E-state index contributed by atoms with van der Waals surface area (Å²) in [6, 6.07) is 0. The molecule has 1 nitrogen and oxygen atoms in total. The highest BCUT2D eigenvalue weighted by atomic mass is 33.2. The number of ether oxygens (including phenoxy) is 1. The molecule has 0 bridgehead atoms. The minimum absolute atomic E-state index is 0.350. The lowest BCUT2D eigenvalue weighted by molar-refractivity contribution is 0.135. The third-order valence-electron chi connectivity index (χ3n) is 2.42. The summed E-state index contributed by atoms with van der Waals surface area (Å²) in [7, 11) is 2.58. The molecule has 2 unspecified atom stereocenters. The fraction of sp³-hybridized carbons (Fsp3) is 1.00. The molecule has 1 heterocycles. The Balaban J connectivity index is 1.78. The standard InChI is InChI=1S/C12H26OS4/c1-3-6-13-7-5-12-16-17(12)11-10-15-9-8-14-4-2/h12,17H,3-11H2,1-2H3. The predicted molar refractivity (Wildman–Crippen MR) is 91.3 cm³/mol. The lowest BCUT2D eigenvalue weighted by atomic mass is 10.5. The van der Waals surface area contributed by atoms with Crippen LogP contribution in [0.15, 0.2) is 0 Å². The van der Waals surface area contributed by atoms with E-state index in [2.05, 4.69) is 48.2 Å². The molecule has 0 N–H and O–H groups in total. The summed E-state index contributed by atoms with van der Waals surface area (Å²) < 4.78 is 6.52. The fourth-order valence-corrected chi connectivity index (χ4v) is 8.70. The Morgan fingerprint density at radius 2 is 1.94 bits per heavy atom. The van der Waals surface area contributed by atoms with E-state index in [0.717, 1.165) is 24.2 Å². The average molecular weight is 315 g/mol. The van der Waals surface area contributed by atoms with E-state index in [1.165, 1.54) is 35.2 Å². The molecule has 1 aliphatic heterocycles. The van der Waals surface area contributed by atoms with Gasteiger partial charge in [0.1, 0.15) is 0 Å². The molecule has 17 heavy (non-hydrogen) atoms. The van der Waals surface area contributed by atoms with Crippen molar-refractivity contribution in [1.29, 1.82) is 0 Å². The second-order valence-electron chi connectivity index (χ2n) is 3.91. The first-order valence-corrected chi connectivity index (χ1v) is 11.9. The maximum Gasteiger partial charge on any atom is 0.0514 e. The summed E-state index contributed by atoms with van der Waals surface area (Å²) in [5, 5.41) is 0. The quantitative estimate of drug-likeness (QED) is 0.249. The van der Waals surface area contributed by atoms with Crippen molar-refractivity contribution in [3.05, 3.63) is 0 Å². The summed E-state index contributed by atoms with van der Waals surface area (Å²) in [6.07, 6.45) is 2.45. The Bertz CT molecular complexity index is 180. The summed E-state index contributed by atoms with van der Waals surface area (Å²) in [4.78, 5) is 0. The van der Waals surface area contributed by atoms with Crippen LogP contribution in [0.5, 0.6) is 0 Å². The van der Waals surface area contributed by atoms with E-state index in [1.54, 1.807) is 0 Å². The maximum absolute atomic E-state index is 5.54. The Hall–Kier alpha value is 1.36. The van der Waals surface area contributed by atoms with Gasteiger partial charge < -0.3 is 4.74 Å². The monoisotopic (exact) mass is 314 g/mol. The van der Waals surface area contributed by atoms with Crippen LogP contribution in [0.25, 0.3) is 0 Å². The van der Waals surface area contributed by atoms with Crippen molar-refractivity contribution >= 4 is 44.2 Å². The highest BCUT2D eigenvalue weighted by molar-refractivity contribution is 9.00. The Morgan fingerprint density at radius 1 is 1.12 bits per heavy atom. The van der Waals surface area contributed by atoms with E-state index in [9.17, 15) is 0 Å². The number of hydrogen-bond donors (Lipinski definition) is 1. The van der Waals surface area contributed by atoms with Crippen molar-refractivity contribution in [3.63, 3.8) is 0 Å². The van der Waals surface area contributed by atoms with Gasteiger partial charge in [-0.05, 0) is 24.3 Å². The zero-order chi connectivity index (χ0) is 12.3. The Labute approximate surface area is 122 Å². The molecule has 1 fully saturated rings. The number of thiol groups is 1. The smallest absolute Gasteiger partial charge is 0.0514 e. The lowest BCUT2D eigenvalue weighted by Crippen LogP contribution is -1.98. The van der Waals surface area contributed by atoms with Crippen molar-refractivity contribution in [2.24, 2.45) is 0 Å². The molecular weight excluding hydrogens is 288 g/mol. The van der Waals surface area contributed by atoms with E-state index >= 15 is 0 Å². The van der Waals surface area contributed by atoms with Crippen molar-refractivity contribution in [2.75, 3.05) is 42.0 Å². The highest BCUT2D eigenvalue weighted by Crippen LogP contribution is 2.69. The van der Waals surface area contributed by atoms with E-state index < -0.39 is 0 Å². The zero-order valence-electron chi connectivity index (χ0n) is 11.0. The van der Waals surface area contributed by atoms with Crippen LogP contribution in [0, 0.1) is 0 Å². The van der Waals surface area contributed by atoms with Gasteiger partial charge in [0.05, 0.1) is 4.58 Å². The summed E-state index contributed by atoms with van der Waals surface area (Å²) >= 11 is 4.21. The van der Waals surface area contributed by atoms with Crippen LogP contribution >= 0.6 is 44.2 Å². The summed E-state index contributed by atoms with van der Waals surface area (Å²) in [6.45, 7) is 6.35. The molecule has 1 aliphatic rings. The summed E-state index contributed by atoms with van der Waals surface area (Å²) in [5.74, 6) is 6.80. The first kappa shape index (κ1) is 16.4. The molecule has 0 aliphatic carbocycles. The first-order chi connectivity index (χ1) is 8.38. The van der Waals surface area contributed by atoms with E-state index in [1.807, 2.05) is 0 Å². The van der Waals surface area contributed by atoms with Crippen LogP contribution in [0.4, 0.5) is 0 Å². The molecule has 0 aromatic carbocycles. The number of rotatable bonds is 12. The number of hydrogen-bond acceptors (Lipinski definition) is 4. The van der Waals surface area contributed by atoms with Gasteiger partial charge in [0, 0.05) is 30.5 Å². The van der Waals surface area contributed by atoms with E-state index in [4.69, 9.17) is 4.74 Å². The topological polar surface area (TPSA) is 9.23 Å². The van der Waals surface area contributed by atoms with Crippen LogP contribution in [-0.4, -0.2) is 46.6 Å². The first-order valence-electron chi connectivity index (χ1n) is 6.55. The SMILES string of the molecule is CCCOCCC1S[SH]1CCSCCSCC. The van der Waals surface area contributed by atoms with Crippen LogP contribution in [0.1, 0.15) is 26.7 Å². The Kier molecular flexibility index (Phi) is 10.8. The molecule has 0 spiro atoms. The normalized spacial score (nSPS) is 25.1. The zero-order valence-corrected chi connectivity index (χ0v) is 14.4. The van der Waals surface area contributed by atoms with Gasteiger partial charge in [-0.25, -0.2) is 0 Å². The molecule has 1 saturated heterocycles. The van der Waals surface area contributed by atoms with Gasteiger partial charge in [-0.1, -0.05) is 13.8 Å². The molecule has 0 saturated carbocycles. The average Bonchev–Trinajstić information content (AvgIpc) is 3.08. The minimum Gasteiger partial charge on any atom is -0.381 e. The van der Waals surface area contributed by atoms with Gasteiger partial charge in [0.25, 0.3) is 0 Å². The predicted octanol–water partition coefficient (Wildman–Crippen LogP) is 4.28. The third-order valence-corrected chi connectivity index (χ3v) is 10.1. The highest BCUT2D eigenvalue weighted by Gasteiger charge is 2.33. The van der Waals surface area contributed by atoms with Crippen molar-refractivity contribution in [3.8, 4) is 0 Å². The molecule has 5 heteroatoms. The fourth-order valence-electron chi connectivity index (χ4n) is 1.47. The maximum atomic E-state index is 5.54.